The smallest absolute Gasteiger partial charge is 0.227 e. The van der Waals surface area contributed by atoms with Gasteiger partial charge in [-0.15, -0.1) is 0 Å². The molecule has 4 heteroatoms. The molecule has 134 valence electrons. The van der Waals surface area contributed by atoms with Gasteiger partial charge >= 0.3 is 0 Å². The fourth-order valence-corrected chi connectivity index (χ4v) is 4.43. The minimum atomic E-state index is 0.134. The van der Waals surface area contributed by atoms with E-state index in [9.17, 15) is 4.79 Å². The van der Waals surface area contributed by atoms with E-state index in [0.717, 1.165) is 29.1 Å². The standard InChI is InChI=1S/C22H25N3O/c1-5-24-19-9-7-6-8-18(19)23-22(24)17-12-20(26)25(13-17)21-15(3)10-14(2)11-16(21)4/h6-11,17H,5,12-13H2,1-4H3/t17-/m1/s1. The average molecular weight is 347 g/mol. The van der Waals surface area contributed by atoms with E-state index in [0.29, 0.717) is 13.0 Å². The lowest BCUT2D eigenvalue weighted by molar-refractivity contribution is -0.117. The Morgan fingerprint density at radius 2 is 1.81 bits per heavy atom. The van der Waals surface area contributed by atoms with E-state index in [-0.39, 0.29) is 11.8 Å². The Bertz CT molecular complexity index is 979. The molecule has 4 rings (SSSR count). The lowest BCUT2D eigenvalue weighted by atomic mass is 10.0. The van der Waals surface area contributed by atoms with E-state index in [2.05, 4.69) is 50.5 Å². The summed E-state index contributed by atoms with van der Waals surface area (Å²) in [6.45, 7) is 9.99. The fraction of sp³-hybridized carbons (Fsp3) is 0.364. The minimum absolute atomic E-state index is 0.134. The topological polar surface area (TPSA) is 38.1 Å². The molecule has 1 fully saturated rings. The third-order valence-electron chi connectivity index (χ3n) is 5.40. The van der Waals surface area contributed by atoms with Gasteiger partial charge in [-0.05, 0) is 51.0 Å². The molecule has 0 aliphatic carbocycles. The number of anilines is 1. The van der Waals surface area contributed by atoms with Crippen LogP contribution in [0.2, 0.25) is 0 Å². The number of carbonyl (C=O) groups is 1. The normalized spacial score (nSPS) is 17.5. The van der Waals surface area contributed by atoms with Crippen LogP contribution >= 0.6 is 0 Å². The summed E-state index contributed by atoms with van der Waals surface area (Å²) in [5.74, 6) is 1.36. The summed E-state index contributed by atoms with van der Waals surface area (Å²) in [4.78, 5) is 19.7. The van der Waals surface area contributed by atoms with E-state index < -0.39 is 0 Å². The fourth-order valence-electron chi connectivity index (χ4n) is 4.43. The molecule has 3 aromatic rings. The zero-order valence-corrected chi connectivity index (χ0v) is 15.9. The van der Waals surface area contributed by atoms with Crippen LogP contribution in [0.4, 0.5) is 5.69 Å². The molecule has 0 N–H and O–H groups in total. The van der Waals surface area contributed by atoms with Crippen LogP contribution in [0.15, 0.2) is 36.4 Å². The third-order valence-corrected chi connectivity index (χ3v) is 5.40. The highest BCUT2D eigenvalue weighted by Crippen LogP contribution is 2.36. The van der Waals surface area contributed by atoms with Crippen molar-refractivity contribution in [2.75, 3.05) is 11.4 Å². The van der Waals surface area contributed by atoms with Crippen LogP contribution in [-0.2, 0) is 11.3 Å². The van der Waals surface area contributed by atoms with Gasteiger partial charge in [0.15, 0.2) is 0 Å². The summed E-state index contributed by atoms with van der Waals surface area (Å²) in [5, 5.41) is 0. The number of aromatic nitrogens is 2. The Morgan fingerprint density at radius 3 is 2.50 bits per heavy atom. The molecule has 1 aliphatic rings. The van der Waals surface area contributed by atoms with Crippen molar-refractivity contribution >= 4 is 22.6 Å². The average Bonchev–Trinajstić information content (AvgIpc) is 3.14. The molecule has 26 heavy (non-hydrogen) atoms. The van der Waals surface area contributed by atoms with E-state index in [1.165, 1.54) is 16.7 Å². The molecule has 2 aromatic carbocycles. The molecule has 1 saturated heterocycles. The molecule has 0 bridgehead atoms. The largest absolute Gasteiger partial charge is 0.328 e. The Balaban J connectivity index is 1.73. The number of benzene rings is 2. The number of para-hydroxylation sites is 2. The van der Waals surface area contributed by atoms with Crippen LogP contribution in [0, 0.1) is 20.8 Å². The number of hydrogen-bond donors (Lipinski definition) is 0. The zero-order chi connectivity index (χ0) is 18.4. The molecule has 0 unspecified atom stereocenters. The first kappa shape index (κ1) is 16.8. The second-order valence-electron chi connectivity index (χ2n) is 7.36. The Hall–Kier alpha value is -2.62. The van der Waals surface area contributed by atoms with Gasteiger partial charge in [0.1, 0.15) is 5.82 Å². The van der Waals surface area contributed by atoms with Crippen molar-refractivity contribution < 1.29 is 4.79 Å². The number of carbonyl (C=O) groups excluding carboxylic acids is 1. The maximum atomic E-state index is 12.9. The van der Waals surface area contributed by atoms with Crippen molar-refractivity contribution in [1.29, 1.82) is 0 Å². The van der Waals surface area contributed by atoms with Crippen LogP contribution in [-0.4, -0.2) is 22.0 Å². The molecule has 0 radical (unpaired) electrons. The molecule has 1 aromatic heterocycles. The summed E-state index contributed by atoms with van der Waals surface area (Å²) in [7, 11) is 0. The molecule has 4 nitrogen and oxygen atoms in total. The van der Waals surface area contributed by atoms with Crippen molar-refractivity contribution in [3.8, 4) is 0 Å². The van der Waals surface area contributed by atoms with Gasteiger partial charge in [-0.25, -0.2) is 4.98 Å². The van der Waals surface area contributed by atoms with Crippen molar-refractivity contribution in [1.82, 2.24) is 9.55 Å². The van der Waals surface area contributed by atoms with Gasteiger partial charge in [-0.1, -0.05) is 29.8 Å². The Morgan fingerprint density at radius 1 is 1.12 bits per heavy atom. The molecule has 1 amide bonds. The zero-order valence-electron chi connectivity index (χ0n) is 15.9. The number of imidazole rings is 1. The first-order valence-electron chi connectivity index (χ1n) is 9.33. The van der Waals surface area contributed by atoms with Crippen molar-refractivity contribution in [2.24, 2.45) is 0 Å². The first-order chi connectivity index (χ1) is 12.5. The van der Waals surface area contributed by atoms with Gasteiger partial charge in [-0.3, -0.25) is 4.79 Å². The summed E-state index contributed by atoms with van der Waals surface area (Å²) in [6, 6.07) is 12.5. The number of fused-ring (bicyclic) bond motifs is 1. The number of rotatable bonds is 3. The SMILES string of the molecule is CCn1c([C@@H]2CC(=O)N(c3c(C)cc(C)cc3C)C2)nc2ccccc21. The van der Waals surface area contributed by atoms with Gasteiger partial charge in [0.05, 0.1) is 11.0 Å². The van der Waals surface area contributed by atoms with E-state index >= 15 is 0 Å². The Labute approximate surface area is 154 Å². The molecule has 0 saturated carbocycles. The van der Waals surface area contributed by atoms with Gasteiger partial charge < -0.3 is 9.47 Å². The van der Waals surface area contributed by atoms with Crippen LogP contribution in [0.3, 0.4) is 0 Å². The number of amides is 1. The van der Waals surface area contributed by atoms with E-state index in [1.54, 1.807) is 0 Å². The summed E-state index contributed by atoms with van der Waals surface area (Å²) >= 11 is 0. The highest BCUT2D eigenvalue weighted by atomic mass is 16.2. The quantitative estimate of drug-likeness (QED) is 0.699. The molecule has 2 heterocycles. The molecular weight excluding hydrogens is 322 g/mol. The Kier molecular flexibility index (Phi) is 4.06. The molecular formula is C22H25N3O. The molecule has 0 spiro atoms. The lowest BCUT2D eigenvalue weighted by Gasteiger charge is -2.22. The number of hydrogen-bond acceptors (Lipinski definition) is 2. The predicted octanol–water partition coefficient (Wildman–Crippen LogP) is 4.50. The lowest BCUT2D eigenvalue weighted by Crippen LogP contribution is -2.26. The highest BCUT2D eigenvalue weighted by Gasteiger charge is 2.35. The maximum Gasteiger partial charge on any atom is 0.227 e. The monoisotopic (exact) mass is 347 g/mol. The second-order valence-corrected chi connectivity index (χ2v) is 7.36. The van der Waals surface area contributed by atoms with Crippen molar-refractivity contribution in [3.63, 3.8) is 0 Å². The summed E-state index contributed by atoms with van der Waals surface area (Å²) in [5.41, 5.74) is 6.81. The summed E-state index contributed by atoms with van der Waals surface area (Å²) in [6.07, 6.45) is 0.524. The van der Waals surface area contributed by atoms with Crippen LogP contribution in [0.5, 0.6) is 0 Å². The predicted molar refractivity (Wildman–Crippen MR) is 106 cm³/mol. The van der Waals surface area contributed by atoms with Gasteiger partial charge in [0.2, 0.25) is 5.91 Å². The molecule has 1 aliphatic heterocycles. The highest BCUT2D eigenvalue weighted by molar-refractivity contribution is 5.98. The minimum Gasteiger partial charge on any atom is -0.328 e. The third kappa shape index (κ3) is 2.61. The van der Waals surface area contributed by atoms with Gasteiger partial charge in [0.25, 0.3) is 0 Å². The van der Waals surface area contributed by atoms with Crippen LogP contribution in [0.25, 0.3) is 11.0 Å². The van der Waals surface area contributed by atoms with Crippen LogP contribution < -0.4 is 4.90 Å². The van der Waals surface area contributed by atoms with E-state index in [4.69, 9.17) is 4.98 Å². The van der Waals surface area contributed by atoms with Gasteiger partial charge in [0, 0.05) is 31.1 Å². The summed E-state index contributed by atoms with van der Waals surface area (Å²) < 4.78 is 2.26. The number of aryl methyl sites for hydroxylation is 4. The van der Waals surface area contributed by atoms with E-state index in [1.807, 2.05) is 23.1 Å². The van der Waals surface area contributed by atoms with Crippen LogP contribution in [0.1, 0.15) is 41.8 Å². The first-order valence-corrected chi connectivity index (χ1v) is 9.33. The molecule has 1 atom stereocenters. The maximum absolute atomic E-state index is 12.9. The second kappa shape index (κ2) is 6.27. The van der Waals surface area contributed by atoms with Gasteiger partial charge in [-0.2, -0.15) is 0 Å². The van der Waals surface area contributed by atoms with Crippen molar-refractivity contribution in [3.05, 3.63) is 58.9 Å². The van der Waals surface area contributed by atoms with Crippen molar-refractivity contribution in [2.45, 2.75) is 46.6 Å². The number of nitrogens with zero attached hydrogens (tertiary/aromatic N) is 3.